The molecule has 2 amide bonds. The van der Waals surface area contributed by atoms with E-state index in [9.17, 15) is 14.4 Å². The number of anilines is 2. The third-order valence-corrected chi connectivity index (χ3v) is 4.82. The number of esters is 1. The molecule has 0 radical (unpaired) electrons. The molecular formula is C20H19ClN2O4. The van der Waals surface area contributed by atoms with E-state index in [2.05, 4.69) is 10.1 Å². The molecule has 0 saturated carbocycles. The number of carbonyl (C=O) groups excluding carboxylic acids is 3. The SMILES string of the molecule is COC(=O)c1ccc(Cl)c(NC(=O)C2CC(=O)N(c3ccc(C)cc3)C2)c1. The number of nitrogens with one attached hydrogen (secondary N) is 1. The lowest BCUT2D eigenvalue weighted by molar-refractivity contribution is -0.122. The summed E-state index contributed by atoms with van der Waals surface area (Å²) in [5.74, 6) is -1.45. The highest BCUT2D eigenvalue weighted by atomic mass is 35.5. The summed E-state index contributed by atoms with van der Waals surface area (Å²) in [6.07, 6.45) is 0.119. The highest BCUT2D eigenvalue weighted by molar-refractivity contribution is 6.34. The zero-order chi connectivity index (χ0) is 19.6. The van der Waals surface area contributed by atoms with Crippen LogP contribution in [0.15, 0.2) is 42.5 Å². The first kappa shape index (κ1) is 18.9. The maximum Gasteiger partial charge on any atom is 0.337 e. The Balaban J connectivity index is 1.73. The van der Waals surface area contributed by atoms with Gasteiger partial charge in [-0.1, -0.05) is 29.3 Å². The van der Waals surface area contributed by atoms with Gasteiger partial charge in [0.05, 0.1) is 29.3 Å². The van der Waals surface area contributed by atoms with Gasteiger partial charge in [0.2, 0.25) is 11.8 Å². The summed E-state index contributed by atoms with van der Waals surface area (Å²) in [7, 11) is 1.28. The van der Waals surface area contributed by atoms with E-state index in [1.165, 1.54) is 25.3 Å². The zero-order valence-corrected chi connectivity index (χ0v) is 15.7. The molecule has 1 fully saturated rings. The summed E-state index contributed by atoms with van der Waals surface area (Å²) >= 11 is 6.12. The molecule has 2 aromatic carbocycles. The molecular weight excluding hydrogens is 368 g/mol. The molecule has 27 heavy (non-hydrogen) atoms. The second-order valence-corrected chi connectivity index (χ2v) is 6.82. The molecule has 140 valence electrons. The van der Waals surface area contributed by atoms with Crippen LogP contribution in [0.4, 0.5) is 11.4 Å². The molecule has 0 aromatic heterocycles. The molecule has 1 heterocycles. The summed E-state index contributed by atoms with van der Waals surface area (Å²) in [6, 6.07) is 12.1. The normalized spacial score (nSPS) is 16.3. The smallest absolute Gasteiger partial charge is 0.337 e. The largest absolute Gasteiger partial charge is 0.465 e. The van der Waals surface area contributed by atoms with Crippen molar-refractivity contribution in [1.82, 2.24) is 0 Å². The number of aryl methyl sites for hydroxylation is 1. The van der Waals surface area contributed by atoms with Crippen molar-refractivity contribution >= 4 is 40.8 Å². The number of benzene rings is 2. The molecule has 3 rings (SSSR count). The van der Waals surface area contributed by atoms with Crippen molar-refractivity contribution in [2.45, 2.75) is 13.3 Å². The number of carbonyl (C=O) groups is 3. The molecule has 6 nitrogen and oxygen atoms in total. The molecule has 0 aliphatic carbocycles. The Morgan fingerprint density at radius 1 is 1.19 bits per heavy atom. The number of hydrogen-bond acceptors (Lipinski definition) is 4. The van der Waals surface area contributed by atoms with Crippen LogP contribution in [0.3, 0.4) is 0 Å². The van der Waals surface area contributed by atoms with Crippen LogP contribution in [0.25, 0.3) is 0 Å². The lowest BCUT2D eigenvalue weighted by Crippen LogP contribution is -2.28. The molecule has 0 bridgehead atoms. The zero-order valence-electron chi connectivity index (χ0n) is 15.0. The van der Waals surface area contributed by atoms with Crippen LogP contribution < -0.4 is 10.2 Å². The van der Waals surface area contributed by atoms with Crippen LogP contribution in [-0.2, 0) is 14.3 Å². The van der Waals surface area contributed by atoms with E-state index < -0.39 is 11.9 Å². The topological polar surface area (TPSA) is 75.7 Å². The summed E-state index contributed by atoms with van der Waals surface area (Å²) in [5.41, 5.74) is 2.46. The maximum atomic E-state index is 12.6. The van der Waals surface area contributed by atoms with Gasteiger partial charge in [-0.05, 0) is 37.3 Å². The number of rotatable bonds is 4. The predicted octanol–water partition coefficient (Wildman–Crippen LogP) is 3.43. The van der Waals surface area contributed by atoms with E-state index in [1.807, 2.05) is 31.2 Å². The fourth-order valence-corrected chi connectivity index (χ4v) is 3.12. The van der Waals surface area contributed by atoms with Crippen LogP contribution in [-0.4, -0.2) is 31.4 Å². The third-order valence-electron chi connectivity index (χ3n) is 4.49. The Kier molecular flexibility index (Phi) is 5.46. The van der Waals surface area contributed by atoms with Gasteiger partial charge in [-0.3, -0.25) is 9.59 Å². The second kappa shape index (κ2) is 7.80. The lowest BCUT2D eigenvalue weighted by Gasteiger charge is -2.17. The van der Waals surface area contributed by atoms with Crippen LogP contribution in [0.2, 0.25) is 5.02 Å². The number of amides is 2. The maximum absolute atomic E-state index is 12.6. The molecule has 2 aromatic rings. The molecule has 1 N–H and O–H groups in total. The fraction of sp³-hybridized carbons (Fsp3) is 0.250. The second-order valence-electron chi connectivity index (χ2n) is 6.42. The van der Waals surface area contributed by atoms with Gasteiger partial charge in [0, 0.05) is 18.7 Å². The van der Waals surface area contributed by atoms with Crippen LogP contribution >= 0.6 is 11.6 Å². The third kappa shape index (κ3) is 4.11. The average molecular weight is 387 g/mol. The lowest BCUT2D eigenvalue weighted by atomic mass is 10.1. The summed E-state index contributed by atoms with van der Waals surface area (Å²) in [6.45, 7) is 2.26. The number of methoxy groups -OCH3 is 1. The average Bonchev–Trinajstić information content (AvgIpc) is 3.05. The number of ether oxygens (including phenoxy) is 1. The fourth-order valence-electron chi connectivity index (χ4n) is 2.96. The van der Waals surface area contributed by atoms with Crippen LogP contribution in [0, 0.1) is 12.8 Å². The Morgan fingerprint density at radius 3 is 2.56 bits per heavy atom. The van der Waals surface area contributed by atoms with E-state index >= 15 is 0 Å². The van der Waals surface area contributed by atoms with Gasteiger partial charge in [-0.2, -0.15) is 0 Å². The summed E-state index contributed by atoms with van der Waals surface area (Å²) in [4.78, 5) is 38.2. The standard InChI is InChI=1S/C20H19ClN2O4/c1-12-3-6-15(7-4-12)23-11-14(10-18(23)24)19(25)22-17-9-13(20(26)27-2)5-8-16(17)21/h3-9,14H,10-11H2,1-2H3,(H,22,25). The Labute approximate surface area is 162 Å². The van der Waals surface area contributed by atoms with E-state index in [0.717, 1.165) is 11.3 Å². The minimum atomic E-state index is -0.524. The first-order valence-corrected chi connectivity index (χ1v) is 8.82. The molecule has 0 spiro atoms. The number of hydrogen-bond donors (Lipinski definition) is 1. The Bertz CT molecular complexity index is 895. The quantitative estimate of drug-likeness (QED) is 0.817. The van der Waals surface area contributed by atoms with Gasteiger partial charge in [-0.15, -0.1) is 0 Å². The molecule has 1 aliphatic rings. The summed E-state index contributed by atoms with van der Waals surface area (Å²) < 4.78 is 4.68. The van der Waals surface area contributed by atoms with Crippen molar-refractivity contribution in [3.8, 4) is 0 Å². The Morgan fingerprint density at radius 2 is 1.89 bits per heavy atom. The van der Waals surface area contributed by atoms with E-state index in [1.54, 1.807) is 4.90 Å². The van der Waals surface area contributed by atoms with Gasteiger partial charge in [0.25, 0.3) is 0 Å². The molecule has 1 atom stereocenters. The van der Waals surface area contributed by atoms with Crippen molar-refractivity contribution in [3.63, 3.8) is 0 Å². The van der Waals surface area contributed by atoms with Crippen molar-refractivity contribution in [2.24, 2.45) is 5.92 Å². The molecule has 7 heteroatoms. The minimum Gasteiger partial charge on any atom is -0.465 e. The molecule has 1 unspecified atom stereocenters. The van der Waals surface area contributed by atoms with Gasteiger partial charge >= 0.3 is 5.97 Å². The van der Waals surface area contributed by atoms with Crippen LogP contribution in [0.5, 0.6) is 0 Å². The summed E-state index contributed by atoms with van der Waals surface area (Å²) in [5, 5.41) is 3.02. The van der Waals surface area contributed by atoms with E-state index in [4.69, 9.17) is 11.6 Å². The van der Waals surface area contributed by atoms with Gasteiger partial charge < -0.3 is 15.0 Å². The first-order valence-electron chi connectivity index (χ1n) is 8.45. The minimum absolute atomic E-state index is 0.103. The van der Waals surface area contributed by atoms with Crippen molar-refractivity contribution in [3.05, 3.63) is 58.6 Å². The Hall–Kier alpha value is -2.86. The van der Waals surface area contributed by atoms with Gasteiger partial charge in [0.15, 0.2) is 0 Å². The first-order chi connectivity index (χ1) is 12.9. The molecule has 1 aliphatic heterocycles. The monoisotopic (exact) mass is 386 g/mol. The van der Waals surface area contributed by atoms with E-state index in [-0.39, 0.29) is 23.8 Å². The predicted molar refractivity (Wildman–Crippen MR) is 103 cm³/mol. The van der Waals surface area contributed by atoms with Gasteiger partial charge in [0.1, 0.15) is 0 Å². The number of nitrogens with zero attached hydrogens (tertiary/aromatic N) is 1. The van der Waals surface area contributed by atoms with E-state index in [0.29, 0.717) is 17.3 Å². The van der Waals surface area contributed by atoms with Crippen molar-refractivity contribution in [1.29, 1.82) is 0 Å². The number of halogens is 1. The van der Waals surface area contributed by atoms with Crippen molar-refractivity contribution in [2.75, 3.05) is 23.9 Å². The highest BCUT2D eigenvalue weighted by Crippen LogP contribution is 2.28. The van der Waals surface area contributed by atoms with Gasteiger partial charge in [-0.25, -0.2) is 4.79 Å². The van der Waals surface area contributed by atoms with Crippen LogP contribution in [0.1, 0.15) is 22.3 Å². The van der Waals surface area contributed by atoms with Crippen molar-refractivity contribution < 1.29 is 19.1 Å². The molecule has 1 saturated heterocycles. The highest BCUT2D eigenvalue weighted by Gasteiger charge is 2.35.